The first-order valence-corrected chi connectivity index (χ1v) is 4.88. The number of fused-ring (bicyclic) bond motifs is 1. The second-order valence-corrected chi connectivity index (χ2v) is 3.31. The van der Waals surface area contributed by atoms with Gasteiger partial charge in [0.1, 0.15) is 0 Å². The van der Waals surface area contributed by atoms with Gasteiger partial charge >= 0.3 is 5.97 Å². The molecule has 2 rings (SSSR count). The lowest BCUT2D eigenvalue weighted by atomic mass is 10.3. The van der Waals surface area contributed by atoms with Crippen molar-refractivity contribution in [3.05, 3.63) is 23.5 Å². The molecular formula is C10H14N2O2. The first-order chi connectivity index (χ1) is 6.81. The Labute approximate surface area is 82.9 Å². The lowest BCUT2D eigenvalue weighted by molar-refractivity contribution is 0.0526. The number of rotatable bonds is 2. The van der Waals surface area contributed by atoms with Gasteiger partial charge in [0.2, 0.25) is 0 Å². The number of nitrogens with zero attached hydrogens (tertiary/aromatic N) is 1. The maximum Gasteiger partial charge on any atom is 0.339 e. The number of aromatic nitrogens is 1. The van der Waals surface area contributed by atoms with Crippen molar-refractivity contribution in [2.24, 2.45) is 0 Å². The van der Waals surface area contributed by atoms with Crippen molar-refractivity contribution in [1.29, 1.82) is 0 Å². The van der Waals surface area contributed by atoms with Gasteiger partial charge in [-0.2, -0.15) is 0 Å². The molecule has 0 radical (unpaired) electrons. The predicted octanol–water partition coefficient (Wildman–Crippen LogP) is 0.768. The standard InChI is InChI=1S/C10H14N2O2/c1-2-14-10(13)8-5-9-6-11-3-4-12(9)7-8/h5,7,11H,2-4,6H2,1H3. The summed E-state index contributed by atoms with van der Waals surface area (Å²) in [6.45, 7) is 4.96. The molecule has 2 heterocycles. The van der Waals surface area contributed by atoms with Gasteiger partial charge in [0.25, 0.3) is 0 Å². The SMILES string of the molecule is CCOC(=O)c1cc2n(c1)CCNC2. The van der Waals surface area contributed by atoms with E-state index in [0.29, 0.717) is 12.2 Å². The van der Waals surface area contributed by atoms with Crippen LogP contribution in [0.15, 0.2) is 12.3 Å². The van der Waals surface area contributed by atoms with E-state index in [-0.39, 0.29) is 5.97 Å². The summed E-state index contributed by atoms with van der Waals surface area (Å²) in [5.74, 6) is -0.227. The summed E-state index contributed by atoms with van der Waals surface area (Å²) in [4.78, 5) is 11.4. The van der Waals surface area contributed by atoms with Crippen molar-refractivity contribution >= 4 is 5.97 Å². The third kappa shape index (κ3) is 1.65. The fourth-order valence-corrected chi connectivity index (χ4v) is 1.65. The molecule has 4 nitrogen and oxygen atoms in total. The third-order valence-electron chi connectivity index (χ3n) is 2.33. The fraction of sp³-hybridized carbons (Fsp3) is 0.500. The molecule has 1 aromatic heterocycles. The van der Waals surface area contributed by atoms with E-state index >= 15 is 0 Å². The van der Waals surface area contributed by atoms with Crippen LogP contribution in [0.5, 0.6) is 0 Å². The van der Waals surface area contributed by atoms with E-state index in [2.05, 4.69) is 9.88 Å². The van der Waals surface area contributed by atoms with Crippen molar-refractivity contribution in [3.63, 3.8) is 0 Å². The Hall–Kier alpha value is -1.29. The summed E-state index contributed by atoms with van der Waals surface area (Å²) in [5, 5.41) is 3.25. The number of hydrogen-bond acceptors (Lipinski definition) is 3. The molecule has 1 aromatic rings. The van der Waals surface area contributed by atoms with Crippen LogP contribution in [0.1, 0.15) is 23.0 Å². The maximum absolute atomic E-state index is 11.4. The number of ether oxygens (including phenoxy) is 1. The summed E-state index contributed by atoms with van der Waals surface area (Å²) >= 11 is 0. The van der Waals surface area contributed by atoms with Gasteiger partial charge in [0, 0.05) is 31.5 Å². The van der Waals surface area contributed by atoms with Gasteiger partial charge in [0.15, 0.2) is 0 Å². The quantitative estimate of drug-likeness (QED) is 0.707. The van der Waals surface area contributed by atoms with Crippen LogP contribution in [0.4, 0.5) is 0 Å². The van der Waals surface area contributed by atoms with Crippen LogP contribution in [-0.2, 0) is 17.8 Å². The van der Waals surface area contributed by atoms with Crippen molar-refractivity contribution in [2.45, 2.75) is 20.0 Å². The summed E-state index contributed by atoms with van der Waals surface area (Å²) in [5.41, 5.74) is 1.81. The number of hydrogen-bond donors (Lipinski definition) is 1. The summed E-state index contributed by atoms with van der Waals surface area (Å²) in [6.07, 6.45) is 1.87. The molecule has 0 fully saturated rings. The largest absolute Gasteiger partial charge is 0.462 e. The molecule has 0 bridgehead atoms. The van der Waals surface area contributed by atoms with Crippen LogP contribution in [0.3, 0.4) is 0 Å². The zero-order valence-corrected chi connectivity index (χ0v) is 8.25. The van der Waals surface area contributed by atoms with E-state index in [9.17, 15) is 4.79 Å². The van der Waals surface area contributed by atoms with Gasteiger partial charge in [-0.25, -0.2) is 4.79 Å². The maximum atomic E-state index is 11.4. The molecule has 1 N–H and O–H groups in total. The highest BCUT2D eigenvalue weighted by Gasteiger charge is 2.14. The van der Waals surface area contributed by atoms with E-state index in [1.165, 1.54) is 0 Å². The van der Waals surface area contributed by atoms with Crippen LogP contribution in [0.25, 0.3) is 0 Å². The second-order valence-electron chi connectivity index (χ2n) is 3.31. The first-order valence-electron chi connectivity index (χ1n) is 4.88. The first kappa shape index (κ1) is 9.27. The van der Waals surface area contributed by atoms with E-state index < -0.39 is 0 Å². The molecule has 1 aliphatic heterocycles. The minimum atomic E-state index is -0.227. The highest BCUT2D eigenvalue weighted by atomic mass is 16.5. The average molecular weight is 194 g/mol. The molecule has 0 unspecified atom stereocenters. The van der Waals surface area contributed by atoms with Gasteiger partial charge in [0.05, 0.1) is 12.2 Å². The Morgan fingerprint density at radius 3 is 3.29 bits per heavy atom. The molecule has 4 heteroatoms. The molecule has 76 valence electrons. The van der Waals surface area contributed by atoms with E-state index in [0.717, 1.165) is 25.3 Å². The molecule has 0 aromatic carbocycles. The Kier molecular flexibility index (Phi) is 2.54. The third-order valence-corrected chi connectivity index (χ3v) is 2.33. The second kappa shape index (κ2) is 3.84. The molecule has 14 heavy (non-hydrogen) atoms. The normalized spacial score (nSPS) is 14.9. The summed E-state index contributed by atoms with van der Waals surface area (Å²) < 4.78 is 7.03. The zero-order chi connectivity index (χ0) is 9.97. The lowest BCUT2D eigenvalue weighted by Gasteiger charge is -2.15. The lowest BCUT2D eigenvalue weighted by Crippen LogP contribution is -2.27. The number of carbonyl (C=O) groups excluding carboxylic acids is 1. The minimum absolute atomic E-state index is 0.227. The van der Waals surface area contributed by atoms with Gasteiger partial charge < -0.3 is 14.6 Å². The van der Waals surface area contributed by atoms with Gasteiger partial charge in [-0.05, 0) is 13.0 Å². The van der Waals surface area contributed by atoms with Gasteiger partial charge in [-0.1, -0.05) is 0 Å². The van der Waals surface area contributed by atoms with Gasteiger partial charge in [-0.15, -0.1) is 0 Å². The molecular weight excluding hydrogens is 180 g/mol. The molecule has 0 amide bonds. The van der Waals surface area contributed by atoms with Crippen LogP contribution in [0.2, 0.25) is 0 Å². The van der Waals surface area contributed by atoms with Crippen LogP contribution in [-0.4, -0.2) is 23.7 Å². The Morgan fingerprint density at radius 2 is 2.57 bits per heavy atom. The van der Waals surface area contributed by atoms with Crippen molar-refractivity contribution in [3.8, 4) is 0 Å². The smallest absolute Gasteiger partial charge is 0.339 e. The monoisotopic (exact) mass is 194 g/mol. The molecule has 0 saturated carbocycles. The van der Waals surface area contributed by atoms with Crippen LogP contribution < -0.4 is 5.32 Å². The van der Waals surface area contributed by atoms with Crippen molar-refractivity contribution in [2.75, 3.05) is 13.2 Å². The Morgan fingerprint density at radius 1 is 1.71 bits per heavy atom. The molecule has 0 atom stereocenters. The molecule has 0 aliphatic carbocycles. The fourth-order valence-electron chi connectivity index (χ4n) is 1.65. The highest BCUT2D eigenvalue weighted by molar-refractivity contribution is 5.89. The summed E-state index contributed by atoms with van der Waals surface area (Å²) in [6, 6.07) is 1.89. The van der Waals surface area contributed by atoms with Crippen LogP contribution in [0, 0.1) is 0 Å². The molecule has 0 saturated heterocycles. The zero-order valence-electron chi connectivity index (χ0n) is 8.25. The van der Waals surface area contributed by atoms with Crippen molar-refractivity contribution in [1.82, 2.24) is 9.88 Å². The Bertz CT molecular complexity index is 320. The van der Waals surface area contributed by atoms with Gasteiger partial charge in [-0.3, -0.25) is 0 Å². The van der Waals surface area contributed by atoms with E-state index in [4.69, 9.17) is 4.74 Å². The number of esters is 1. The highest BCUT2D eigenvalue weighted by Crippen LogP contribution is 2.12. The van der Waals surface area contributed by atoms with E-state index in [1.54, 1.807) is 0 Å². The van der Waals surface area contributed by atoms with E-state index in [1.807, 2.05) is 19.2 Å². The summed E-state index contributed by atoms with van der Waals surface area (Å²) in [7, 11) is 0. The topological polar surface area (TPSA) is 43.3 Å². The minimum Gasteiger partial charge on any atom is -0.462 e. The molecule has 0 spiro atoms. The van der Waals surface area contributed by atoms with Crippen LogP contribution >= 0.6 is 0 Å². The van der Waals surface area contributed by atoms with Crippen molar-refractivity contribution < 1.29 is 9.53 Å². The average Bonchev–Trinajstić information content (AvgIpc) is 2.61. The number of carbonyl (C=O) groups is 1. The Balaban J connectivity index is 2.19. The number of nitrogens with one attached hydrogen (secondary N) is 1. The molecule has 1 aliphatic rings. The predicted molar refractivity (Wildman–Crippen MR) is 52.1 cm³/mol.